The molecule has 1 heterocycles. The molecule has 0 aliphatic carbocycles. The molecule has 2 N–H and O–H groups in total. The maximum Gasteiger partial charge on any atom is 0.159 e. The van der Waals surface area contributed by atoms with Crippen LogP contribution in [0.4, 0.5) is 10.4 Å². The van der Waals surface area contributed by atoms with E-state index in [0.29, 0.717) is 5.17 Å². The standard InChI is InChI=1S/C8H11N3S.FH/c1-2-12-8(9)11-7-3-5-10-6-4-7;/h3-6H,2H2,1H3,(H2,9,10,11);1H. The Balaban J connectivity index is 0.00000144. The van der Waals surface area contributed by atoms with E-state index in [1.54, 1.807) is 12.4 Å². The van der Waals surface area contributed by atoms with Crippen molar-refractivity contribution in [1.29, 1.82) is 0 Å². The third kappa shape index (κ3) is 4.47. The number of aliphatic imine (C=N–C) groups is 1. The van der Waals surface area contributed by atoms with Gasteiger partial charge in [-0.2, -0.15) is 0 Å². The summed E-state index contributed by atoms with van der Waals surface area (Å²) >= 11 is 1.53. The largest absolute Gasteiger partial charge is 0.378 e. The molecule has 72 valence electrons. The summed E-state index contributed by atoms with van der Waals surface area (Å²) in [5, 5.41) is 0.601. The average molecular weight is 201 g/mol. The van der Waals surface area contributed by atoms with Crippen LogP contribution in [0.1, 0.15) is 6.92 Å². The lowest BCUT2D eigenvalue weighted by Gasteiger charge is -1.96. The number of rotatable bonds is 2. The molecule has 0 aromatic carbocycles. The zero-order valence-corrected chi connectivity index (χ0v) is 8.12. The normalized spacial score (nSPS) is 10.7. The Morgan fingerprint density at radius 2 is 2.15 bits per heavy atom. The summed E-state index contributed by atoms with van der Waals surface area (Å²) in [6, 6.07) is 3.64. The molecule has 0 bridgehead atoms. The van der Waals surface area contributed by atoms with Crippen molar-refractivity contribution in [1.82, 2.24) is 4.98 Å². The Bertz CT molecular complexity index is 263. The van der Waals surface area contributed by atoms with Gasteiger partial charge in [0.05, 0.1) is 5.69 Å². The van der Waals surface area contributed by atoms with Crippen LogP contribution in [0.25, 0.3) is 0 Å². The molecular weight excluding hydrogens is 189 g/mol. The van der Waals surface area contributed by atoms with Crippen molar-refractivity contribution in [2.45, 2.75) is 6.92 Å². The Labute approximate surface area is 80.8 Å². The molecule has 0 aliphatic rings. The number of halogens is 1. The summed E-state index contributed by atoms with van der Waals surface area (Å²) in [6.07, 6.45) is 3.39. The van der Waals surface area contributed by atoms with Gasteiger partial charge in [0.1, 0.15) is 0 Å². The highest BCUT2D eigenvalue weighted by Crippen LogP contribution is 2.11. The fourth-order valence-corrected chi connectivity index (χ4v) is 1.19. The van der Waals surface area contributed by atoms with Crippen LogP contribution < -0.4 is 5.73 Å². The van der Waals surface area contributed by atoms with Crippen molar-refractivity contribution in [3.05, 3.63) is 24.5 Å². The molecule has 1 aromatic rings. The van der Waals surface area contributed by atoms with Gasteiger partial charge < -0.3 is 5.73 Å². The average Bonchev–Trinajstić information content (AvgIpc) is 2.06. The van der Waals surface area contributed by atoms with Gasteiger partial charge >= 0.3 is 0 Å². The first-order valence-electron chi connectivity index (χ1n) is 3.70. The number of pyridine rings is 1. The monoisotopic (exact) mass is 201 g/mol. The predicted octanol–water partition coefficient (Wildman–Crippen LogP) is 1.93. The number of aromatic nitrogens is 1. The van der Waals surface area contributed by atoms with E-state index in [0.717, 1.165) is 11.4 Å². The van der Waals surface area contributed by atoms with Crippen LogP contribution in [-0.4, -0.2) is 15.9 Å². The molecule has 0 saturated heterocycles. The first-order valence-corrected chi connectivity index (χ1v) is 4.68. The molecule has 0 radical (unpaired) electrons. The van der Waals surface area contributed by atoms with Crippen molar-refractivity contribution < 1.29 is 4.70 Å². The van der Waals surface area contributed by atoms with Crippen LogP contribution >= 0.6 is 11.8 Å². The molecule has 1 rings (SSSR count). The summed E-state index contributed by atoms with van der Waals surface area (Å²) in [4.78, 5) is 8.05. The number of nitrogens with two attached hydrogens (primary N) is 1. The summed E-state index contributed by atoms with van der Waals surface area (Å²) in [5.41, 5.74) is 6.46. The number of thioether (sulfide) groups is 1. The van der Waals surface area contributed by atoms with Crippen LogP contribution in [0.3, 0.4) is 0 Å². The van der Waals surface area contributed by atoms with Crippen LogP contribution in [-0.2, 0) is 0 Å². The summed E-state index contributed by atoms with van der Waals surface area (Å²) < 4.78 is 0. The van der Waals surface area contributed by atoms with Gasteiger partial charge in [0, 0.05) is 12.4 Å². The van der Waals surface area contributed by atoms with E-state index >= 15 is 0 Å². The van der Waals surface area contributed by atoms with Crippen molar-refractivity contribution in [3.63, 3.8) is 0 Å². The third-order valence-electron chi connectivity index (χ3n) is 1.19. The van der Waals surface area contributed by atoms with Gasteiger partial charge in [0.15, 0.2) is 5.17 Å². The van der Waals surface area contributed by atoms with E-state index in [2.05, 4.69) is 9.98 Å². The fraction of sp³-hybridized carbons (Fsp3) is 0.250. The minimum atomic E-state index is 0. The lowest BCUT2D eigenvalue weighted by molar-refractivity contribution is 1.11. The van der Waals surface area contributed by atoms with Gasteiger partial charge in [0.2, 0.25) is 0 Å². The van der Waals surface area contributed by atoms with E-state index < -0.39 is 0 Å². The summed E-state index contributed by atoms with van der Waals surface area (Å²) in [5.74, 6) is 0.945. The SMILES string of the molecule is CCSC(N)=Nc1ccncc1.F. The molecule has 0 atom stereocenters. The van der Waals surface area contributed by atoms with Crippen molar-refractivity contribution in [3.8, 4) is 0 Å². The first kappa shape index (κ1) is 11.9. The van der Waals surface area contributed by atoms with E-state index in [1.165, 1.54) is 11.8 Å². The zero-order chi connectivity index (χ0) is 8.81. The number of hydrogen-bond donors (Lipinski definition) is 1. The molecular formula is C8H12FN3S. The van der Waals surface area contributed by atoms with Crippen molar-refractivity contribution in [2.24, 2.45) is 10.7 Å². The third-order valence-corrected chi connectivity index (χ3v) is 1.87. The Morgan fingerprint density at radius 3 is 2.69 bits per heavy atom. The van der Waals surface area contributed by atoms with Gasteiger partial charge in [-0.3, -0.25) is 9.69 Å². The van der Waals surface area contributed by atoms with Gasteiger partial charge in [-0.05, 0) is 17.9 Å². The molecule has 3 nitrogen and oxygen atoms in total. The molecule has 0 unspecified atom stereocenters. The van der Waals surface area contributed by atoms with E-state index in [-0.39, 0.29) is 4.70 Å². The van der Waals surface area contributed by atoms with Gasteiger partial charge in [0.25, 0.3) is 0 Å². The van der Waals surface area contributed by atoms with Crippen LogP contribution in [0.2, 0.25) is 0 Å². The lowest BCUT2D eigenvalue weighted by atomic mass is 10.4. The Hall–Kier alpha value is -1.10. The highest BCUT2D eigenvalue weighted by atomic mass is 32.2. The molecule has 0 fully saturated rings. The van der Waals surface area contributed by atoms with Crippen LogP contribution in [0.15, 0.2) is 29.5 Å². The molecule has 0 amide bonds. The molecule has 5 heteroatoms. The minimum Gasteiger partial charge on any atom is -0.378 e. The fourth-order valence-electron chi connectivity index (χ4n) is 0.726. The lowest BCUT2D eigenvalue weighted by Crippen LogP contribution is -2.05. The smallest absolute Gasteiger partial charge is 0.159 e. The maximum absolute atomic E-state index is 5.61. The highest BCUT2D eigenvalue weighted by molar-refractivity contribution is 8.13. The first-order chi connectivity index (χ1) is 5.83. The molecule has 0 aliphatic heterocycles. The summed E-state index contributed by atoms with van der Waals surface area (Å²) in [6.45, 7) is 2.04. The van der Waals surface area contributed by atoms with Gasteiger partial charge in [-0.15, -0.1) is 0 Å². The maximum atomic E-state index is 5.61. The zero-order valence-electron chi connectivity index (χ0n) is 7.30. The predicted molar refractivity (Wildman–Crippen MR) is 56.2 cm³/mol. The van der Waals surface area contributed by atoms with E-state index in [9.17, 15) is 0 Å². The van der Waals surface area contributed by atoms with Crippen molar-refractivity contribution >= 4 is 22.6 Å². The quantitative estimate of drug-likeness (QED) is 0.587. The topological polar surface area (TPSA) is 51.3 Å². The van der Waals surface area contributed by atoms with E-state index in [1.807, 2.05) is 19.1 Å². The summed E-state index contributed by atoms with van der Waals surface area (Å²) in [7, 11) is 0. The number of nitrogens with zero attached hydrogens (tertiary/aromatic N) is 2. The van der Waals surface area contributed by atoms with Crippen LogP contribution in [0.5, 0.6) is 0 Å². The number of hydrogen-bond acceptors (Lipinski definition) is 3. The van der Waals surface area contributed by atoms with Gasteiger partial charge in [-0.1, -0.05) is 18.7 Å². The van der Waals surface area contributed by atoms with Gasteiger partial charge in [-0.25, -0.2) is 4.99 Å². The molecule has 1 aromatic heterocycles. The van der Waals surface area contributed by atoms with E-state index in [4.69, 9.17) is 5.73 Å². The molecule has 0 saturated carbocycles. The highest BCUT2D eigenvalue weighted by Gasteiger charge is 1.91. The Kier molecular flexibility index (Phi) is 5.88. The minimum absolute atomic E-state index is 0. The second-order valence-corrected chi connectivity index (χ2v) is 3.37. The van der Waals surface area contributed by atoms with Crippen LogP contribution in [0, 0.1) is 0 Å². The molecule has 13 heavy (non-hydrogen) atoms. The Morgan fingerprint density at radius 1 is 1.54 bits per heavy atom. The van der Waals surface area contributed by atoms with Crippen molar-refractivity contribution in [2.75, 3.05) is 5.75 Å². The second kappa shape index (κ2) is 6.42. The number of amidine groups is 1. The second-order valence-electron chi connectivity index (χ2n) is 2.09. The molecule has 0 spiro atoms.